The summed E-state index contributed by atoms with van der Waals surface area (Å²) >= 11 is 6.49. The van der Waals surface area contributed by atoms with Crippen LogP contribution >= 0.6 is 11.6 Å². The van der Waals surface area contributed by atoms with Crippen molar-refractivity contribution in [3.05, 3.63) is 88.7 Å². The van der Waals surface area contributed by atoms with E-state index >= 15 is 4.79 Å². The van der Waals surface area contributed by atoms with E-state index in [1.165, 1.54) is 18.2 Å². The third-order valence-corrected chi connectivity index (χ3v) is 10.8. The van der Waals surface area contributed by atoms with E-state index in [9.17, 15) is 26.7 Å². The van der Waals surface area contributed by atoms with Crippen molar-refractivity contribution in [2.75, 3.05) is 6.61 Å². The first-order chi connectivity index (χ1) is 25.9. The summed E-state index contributed by atoms with van der Waals surface area (Å²) in [5, 5.41) is 6.98. The van der Waals surface area contributed by atoms with Gasteiger partial charge >= 0.3 is 18.8 Å². The van der Waals surface area contributed by atoms with Crippen molar-refractivity contribution in [1.82, 2.24) is 30.4 Å². The second-order valence-electron chi connectivity index (χ2n) is 15.2. The van der Waals surface area contributed by atoms with Crippen LogP contribution < -0.4 is 16.5 Å². The molecule has 1 aromatic heterocycles. The van der Waals surface area contributed by atoms with Crippen LogP contribution in [0.5, 0.6) is 0 Å². The van der Waals surface area contributed by atoms with Crippen molar-refractivity contribution >= 4 is 35.9 Å². The molecule has 0 saturated heterocycles. The fourth-order valence-electron chi connectivity index (χ4n) is 6.87. The molecule has 292 valence electrons. The van der Waals surface area contributed by atoms with Gasteiger partial charge in [-0.25, -0.2) is 14.8 Å². The summed E-state index contributed by atoms with van der Waals surface area (Å²) in [6.45, 7) is 6.18. The van der Waals surface area contributed by atoms with Crippen molar-refractivity contribution in [2.24, 2.45) is 21.1 Å². The minimum Gasteiger partial charge on any atom is -0.447 e. The van der Waals surface area contributed by atoms with E-state index in [1.54, 1.807) is 18.3 Å². The van der Waals surface area contributed by atoms with Crippen LogP contribution in [0.2, 0.25) is 5.02 Å². The van der Waals surface area contributed by atoms with Crippen molar-refractivity contribution in [3.8, 4) is 11.1 Å². The Morgan fingerprint density at radius 3 is 2.42 bits per heavy atom. The highest BCUT2D eigenvalue weighted by molar-refractivity contribution is 6.31. The number of hydrogen-bond donors (Lipinski definition) is 3. The van der Waals surface area contributed by atoms with Crippen molar-refractivity contribution in [3.63, 3.8) is 0 Å². The number of amides is 2. The molecule has 7 rings (SSSR count). The Labute approximate surface area is 318 Å². The van der Waals surface area contributed by atoms with E-state index in [0.29, 0.717) is 22.2 Å². The van der Waals surface area contributed by atoms with Gasteiger partial charge in [0.05, 0.1) is 24.6 Å². The first kappa shape index (κ1) is 38.3. The number of hydrogen-bond acceptors (Lipinski definition) is 9. The summed E-state index contributed by atoms with van der Waals surface area (Å²) in [7, 11) is 0. The molecule has 55 heavy (non-hydrogen) atoms. The molecule has 12 nitrogen and oxygen atoms in total. The second kappa shape index (κ2) is 13.6. The summed E-state index contributed by atoms with van der Waals surface area (Å²) in [6, 6.07) is 10.5. The second-order valence-corrected chi connectivity index (χ2v) is 15.6. The first-order valence-corrected chi connectivity index (χ1v) is 17.9. The van der Waals surface area contributed by atoms with Gasteiger partial charge in [-0.1, -0.05) is 69.3 Å². The van der Waals surface area contributed by atoms with Gasteiger partial charge in [-0.3, -0.25) is 14.4 Å². The lowest BCUT2D eigenvalue weighted by molar-refractivity contribution is -0.164. The molecule has 18 heteroatoms. The first-order valence-electron chi connectivity index (χ1n) is 17.6. The van der Waals surface area contributed by atoms with Gasteiger partial charge < -0.3 is 21.2 Å². The maximum atomic E-state index is 15.1. The molecular weight excluding hydrogens is 749 g/mol. The molecule has 3 heterocycles. The monoisotopic (exact) mass is 787 g/mol. The number of nitrogens with zero attached hydrogens (tertiary/aromatic N) is 6. The van der Waals surface area contributed by atoms with Crippen LogP contribution in [0.1, 0.15) is 81.4 Å². The molecule has 4 aliphatic rings. The SMILES string of the molecule is C=C(C(C)(C)C)[C@]1(c2ccc(-c3cnn(C4CC4)c3)cc2)N=C(N)N([C@H](COC(=O)NC2(C(F)(F)F)CC2)c2ccc(Cl)c(C3N=CNN3C(F)F)c2)C1=O. The normalized spacial score (nSPS) is 22.8. The number of carbonyl (C=O) groups excluding carboxylic acids is 2. The Balaban J connectivity index is 1.27. The lowest BCUT2D eigenvalue weighted by atomic mass is 9.71. The van der Waals surface area contributed by atoms with Crippen molar-refractivity contribution < 1.29 is 36.3 Å². The fraction of sp³-hybridized carbons (Fsp3) is 0.432. The standard InChI is InChI=1S/C37H39ClF5N9O3/c1-20(34(2,3)4)36(24-8-5-21(6-9-24)23-16-46-50(17-23)25-10-11-25)30(53)51(32(44)48-36)28(18-55-33(54)49-35(13-14-35)37(41,42)43)22-7-12-27(38)26(15-22)29-45-19-47-52(29)31(39)40/h5-9,12,15-17,19,25,28-29,31H,1,10-11,13-14,18H2,2-4H3,(H2,44,48)(H,45,47)(H,49,54)/t28-,29?,36-/m1/s1. The van der Waals surface area contributed by atoms with Crippen LogP contribution in [0.15, 0.2) is 77.0 Å². The number of aromatic nitrogens is 2. The van der Waals surface area contributed by atoms with Gasteiger partial charge in [-0.15, -0.1) is 5.01 Å². The van der Waals surface area contributed by atoms with Crippen LogP contribution in [-0.2, 0) is 15.1 Å². The molecule has 2 amide bonds. The zero-order valence-corrected chi connectivity index (χ0v) is 30.8. The Hall–Kier alpha value is -5.03. The number of alkyl carbamates (subject to hydrolysis) is 1. The molecule has 2 aromatic carbocycles. The molecule has 0 bridgehead atoms. The predicted octanol–water partition coefficient (Wildman–Crippen LogP) is 7.13. The third kappa shape index (κ3) is 6.92. The lowest BCUT2D eigenvalue weighted by Crippen LogP contribution is -2.50. The number of hydrazine groups is 1. The van der Waals surface area contributed by atoms with Gasteiger partial charge in [0.2, 0.25) is 5.96 Å². The molecule has 4 N–H and O–H groups in total. The summed E-state index contributed by atoms with van der Waals surface area (Å²) < 4.78 is 76.3. The minimum atomic E-state index is -4.72. The van der Waals surface area contributed by atoms with Crippen molar-refractivity contribution in [2.45, 2.75) is 88.5 Å². The van der Waals surface area contributed by atoms with Crippen LogP contribution in [0.4, 0.5) is 26.7 Å². The van der Waals surface area contributed by atoms with E-state index in [2.05, 4.69) is 22.1 Å². The van der Waals surface area contributed by atoms with Crippen molar-refractivity contribution in [1.29, 1.82) is 0 Å². The quantitative estimate of drug-likeness (QED) is 0.107. The Morgan fingerprint density at radius 1 is 1.13 bits per heavy atom. The highest BCUT2D eigenvalue weighted by Crippen LogP contribution is 2.50. The van der Waals surface area contributed by atoms with Gasteiger partial charge in [0, 0.05) is 22.3 Å². The molecule has 3 aromatic rings. The molecule has 2 aliphatic carbocycles. The number of rotatable bonds is 11. The van der Waals surface area contributed by atoms with E-state index < -0.39 is 60.0 Å². The van der Waals surface area contributed by atoms with Gasteiger partial charge in [0.15, 0.2) is 11.7 Å². The average Bonchev–Trinajstić information content (AvgIpc) is 3.99. The molecule has 3 atom stereocenters. The largest absolute Gasteiger partial charge is 0.447 e. The zero-order valence-electron chi connectivity index (χ0n) is 30.1. The Bertz CT molecular complexity index is 2070. The molecule has 0 radical (unpaired) electrons. The topological polar surface area (TPSA) is 142 Å². The summed E-state index contributed by atoms with van der Waals surface area (Å²) in [5.41, 5.74) is 6.83. The van der Waals surface area contributed by atoms with Gasteiger partial charge in [0.1, 0.15) is 12.1 Å². The van der Waals surface area contributed by atoms with Crippen LogP contribution in [0, 0.1) is 5.41 Å². The number of benzene rings is 2. The zero-order chi connectivity index (χ0) is 39.7. The minimum absolute atomic E-state index is 0.0473. The van der Waals surface area contributed by atoms with Gasteiger partial charge in [0.25, 0.3) is 5.91 Å². The number of nitrogens with one attached hydrogen (secondary N) is 2. The smallest absolute Gasteiger partial charge is 0.411 e. The molecule has 2 fully saturated rings. The highest BCUT2D eigenvalue weighted by Gasteiger charge is 2.65. The fourth-order valence-corrected chi connectivity index (χ4v) is 7.08. The lowest BCUT2D eigenvalue weighted by Gasteiger charge is -2.37. The maximum Gasteiger partial charge on any atom is 0.411 e. The summed E-state index contributed by atoms with van der Waals surface area (Å²) in [4.78, 5) is 38.0. The maximum absolute atomic E-state index is 15.1. The molecule has 1 unspecified atom stereocenters. The third-order valence-electron chi connectivity index (χ3n) is 10.5. The number of guanidine groups is 1. The summed E-state index contributed by atoms with van der Waals surface area (Å²) in [5.74, 6) is -0.993. The van der Waals surface area contributed by atoms with Crippen LogP contribution in [-0.4, -0.2) is 68.9 Å². The number of carbonyl (C=O) groups is 2. The Morgan fingerprint density at radius 2 is 1.82 bits per heavy atom. The van der Waals surface area contributed by atoms with Gasteiger partial charge in [-0.05, 0) is 65.5 Å². The number of halogens is 6. The molecule has 2 saturated carbocycles. The Kier molecular flexibility index (Phi) is 9.47. The molecule has 2 aliphatic heterocycles. The van der Waals surface area contributed by atoms with Crippen LogP contribution in [0.25, 0.3) is 11.1 Å². The predicted molar refractivity (Wildman–Crippen MR) is 194 cm³/mol. The van der Waals surface area contributed by atoms with Gasteiger partial charge in [-0.2, -0.15) is 27.1 Å². The number of aliphatic imine (C=N–C) groups is 2. The van der Waals surface area contributed by atoms with E-state index in [1.807, 2.05) is 49.1 Å². The number of ether oxygens (including phenoxy) is 1. The van der Waals surface area contributed by atoms with E-state index in [4.69, 9.17) is 27.1 Å². The molecule has 0 spiro atoms. The van der Waals surface area contributed by atoms with Crippen LogP contribution in [0.3, 0.4) is 0 Å². The molecular formula is C37H39ClF5N9O3. The average molecular weight is 788 g/mol. The summed E-state index contributed by atoms with van der Waals surface area (Å²) in [6.07, 6.45) is -1.10. The van der Waals surface area contributed by atoms with E-state index in [0.717, 1.165) is 35.2 Å². The van der Waals surface area contributed by atoms with E-state index in [-0.39, 0.29) is 35.0 Å². The number of nitrogens with two attached hydrogens (primary N) is 1. The number of alkyl halides is 5. The highest BCUT2D eigenvalue weighted by atomic mass is 35.5.